The van der Waals surface area contributed by atoms with Crippen molar-refractivity contribution in [3.63, 3.8) is 0 Å². The van der Waals surface area contributed by atoms with Gasteiger partial charge in [0.05, 0.1) is 0 Å². The smallest absolute Gasteiger partial charge is 0.0209 e. The van der Waals surface area contributed by atoms with E-state index in [1.165, 1.54) is 82.6 Å². The first kappa shape index (κ1) is 26.7. The number of allylic oxidation sites excluding steroid dienone is 2. The fourth-order valence-electron chi connectivity index (χ4n) is 3.69. The maximum absolute atomic E-state index is 4.28. The van der Waals surface area contributed by atoms with E-state index in [-0.39, 0.29) is 0 Å². The van der Waals surface area contributed by atoms with Crippen LogP contribution in [0.1, 0.15) is 119 Å². The number of hydrogen-bond acceptors (Lipinski definition) is 0. The summed E-state index contributed by atoms with van der Waals surface area (Å²) in [4.78, 5) is 0. The molecule has 2 unspecified atom stereocenters. The van der Waals surface area contributed by atoms with Gasteiger partial charge < -0.3 is 0 Å². The quantitative estimate of drug-likeness (QED) is 0.344. The Kier molecular flexibility index (Phi) is 21.2. The normalized spacial score (nSPS) is 16.6. The summed E-state index contributed by atoms with van der Waals surface area (Å²) in [6.45, 7) is 21.3. The van der Waals surface area contributed by atoms with E-state index in [4.69, 9.17) is 0 Å². The second-order valence-corrected chi connectivity index (χ2v) is 7.62. The van der Waals surface area contributed by atoms with Gasteiger partial charge in [-0.05, 0) is 56.3 Å². The highest BCUT2D eigenvalue weighted by molar-refractivity contribution is 5.00. The molecule has 0 aromatic heterocycles. The lowest BCUT2D eigenvalue weighted by atomic mass is 9.87. The lowest BCUT2D eigenvalue weighted by molar-refractivity contribution is 0.420. The molecule has 2 atom stereocenters. The predicted molar refractivity (Wildman–Crippen MR) is 119 cm³/mol. The Labute approximate surface area is 161 Å². The Morgan fingerprint density at radius 2 is 1.52 bits per heavy atom. The summed E-state index contributed by atoms with van der Waals surface area (Å²) < 4.78 is 0. The molecule has 1 aliphatic rings. The summed E-state index contributed by atoms with van der Waals surface area (Å²) in [6.07, 6.45) is 18.4. The zero-order chi connectivity index (χ0) is 19.5. The van der Waals surface area contributed by atoms with Gasteiger partial charge in [-0.15, -0.1) is 6.58 Å². The van der Waals surface area contributed by atoms with E-state index in [1.807, 2.05) is 13.8 Å². The van der Waals surface area contributed by atoms with Crippen LogP contribution in [0.3, 0.4) is 0 Å². The van der Waals surface area contributed by atoms with Crippen LogP contribution in [0.4, 0.5) is 0 Å². The standard InChI is InChI=1S/C15H30.C8H14.C2H6/c1-6-9-13(4)11-12-14(5)15(8-3)10-7-2;1-2-8-6-4-3-5-7-8;1-2/h13,15H,5-12H2,1-4H3;2,8H,1,3-7H2;1-2H3. The molecule has 25 heavy (non-hydrogen) atoms. The second kappa shape index (κ2) is 19.8. The zero-order valence-electron chi connectivity index (χ0n) is 18.7. The SMILES string of the molecule is C=C(CCC(C)CCC)C(CC)CCC.C=CC1CCCCC1.CC. The third-order valence-corrected chi connectivity index (χ3v) is 5.43. The minimum absolute atomic E-state index is 0.781. The molecule has 0 heterocycles. The van der Waals surface area contributed by atoms with Gasteiger partial charge in [0.1, 0.15) is 0 Å². The van der Waals surface area contributed by atoms with Gasteiger partial charge in [0.2, 0.25) is 0 Å². The summed E-state index contributed by atoms with van der Waals surface area (Å²) in [5.74, 6) is 2.51. The molecular weight excluding hydrogens is 300 g/mol. The van der Waals surface area contributed by atoms with Crippen LogP contribution in [0, 0.1) is 17.8 Å². The van der Waals surface area contributed by atoms with Crippen molar-refractivity contribution in [1.82, 2.24) is 0 Å². The minimum atomic E-state index is 0.781. The van der Waals surface area contributed by atoms with Crippen LogP contribution in [-0.4, -0.2) is 0 Å². The third-order valence-electron chi connectivity index (χ3n) is 5.43. The number of hydrogen-bond donors (Lipinski definition) is 0. The van der Waals surface area contributed by atoms with E-state index in [0.717, 1.165) is 17.8 Å². The first-order valence-electron chi connectivity index (χ1n) is 11.4. The van der Waals surface area contributed by atoms with Gasteiger partial charge in [0, 0.05) is 0 Å². The highest BCUT2D eigenvalue weighted by Crippen LogP contribution is 2.26. The molecule has 0 spiro atoms. The molecular formula is C25H50. The Bertz CT molecular complexity index is 282. The Morgan fingerprint density at radius 1 is 0.960 bits per heavy atom. The molecule has 1 saturated carbocycles. The molecule has 1 fully saturated rings. The fourth-order valence-corrected chi connectivity index (χ4v) is 3.69. The van der Waals surface area contributed by atoms with Crippen LogP contribution in [0.2, 0.25) is 0 Å². The van der Waals surface area contributed by atoms with E-state index in [9.17, 15) is 0 Å². The predicted octanol–water partition coefficient (Wildman–Crippen LogP) is 9.36. The first-order chi connectivity index (χ1) is 12.1. The fraction of sp³-hybridized carbons (Fsp3) is 0.840. The first-order valence-corrected chi connectivity index (χ1v) is 11.4. The monoisotopic (exact) mass is 350 g/mol. The zero-order valence-corrected chi connectivity index (χ0v) is 18.7. The minimum Gasteiger partial charge on any atom is -0.103 e. The lowest BCUT2D eigenvalue weighted by Gasteiger charge is -2.18. The summed E-state index contributed by atoms with van der Waals surface area (Å²) in [5, 5.41) is 0. The van der Waals surface area contributed by atoms with E-state index in [2.05, 4.69) is 46.9 Å². The van der Waals surface area contributed by atoms with E-state index in [0.29, 0.717) is 0 Å². The second-order valence-electron chi connectivity index (χ2n) is 7.62. The molecule has 0 radical (unpaired) electrons. The highest BCUT2D eigenvalue weighted by Gasteiger charge is 2.10. The summed E-state index contributed by atoms with van der Waals surface area (Å²) in [7, 11) is 0. The van der Waals surface area contributed by atoms with Crippen LogP contribution in [0.15, 0.2) is 24.8 Å². The average Bonchev–Trinajstić information content (AvgIpc) is 2.67. The molecule has 0 heteroatoms. The van der Waals surface area contributed by atoms with Gasteiger partial charge in [-0.3, -0.25) is 0 Å². The van der Waals surface area contributed by atoms with E-state index in [1.54, 1.807) is 0 Å². The van der Waals surface area contributed by atoms with Crippen LogP contribution in [-0.2, 0) is 0 Å². The molecule has 1 rings (SSSR count). The molecule has 0 aromatic rings. The number of rotatable bonds is 10. The third kappa shape index (κ3) is 15.5. The molecule has 0 N–H and O–H groups in total. The molecule has 0 aliphatic heterocycles. The van der Waals surface area contributed by atoms with Crippen LogP contribution >= 0.6 is 0 Å². The Morgan fingerprint density at radius 3 is 1.92 bits per heavy atom. The summed E-state index contributed by atoms with van der Waals surface area (Å²) in [5.41, 5.74) is 1.50. The maximum atomic E-state index is 4.28. The van der Waals surface area contributed by atoms with Crippen molar-refractivity contribution in [2.24, 2.45) is 17.8 Å². The lowest BCUT2D eigenvalue weighted by Crippen LogP contribution is -2.04. The van der Waals surface area contributed by atoms with Gasteiger partial charge >= 0.3 is 0 Å². The molecule has 1 aliphatic carbocycles. The van der Waals surface area contributed by atoms with Crippen molar-refractivity contribution in [2.75, 3.05) is 0 Å². The van der Waals surface area contributed by atoms with Crippen molar-refractivity contribution in [2.45, 2.75) is 119 Å². The molecule has 0 amide bonds. The Hall–Kier alpha value is -0.520. The molecule has 0 saturated heterocycles. The molecule has 0 bridgehead atoms. The van der Waals surface area contributed by atoms with E-state index >= 15 is 0 Å². The molecule has 150 valence electrons. The van der Waals surface area contributed by atoms with Crippen LogP contribution < -0.4 is 0 Å². The van der Waals surface area contributed by atoms with Crippen molar-refractivity contribution >= 4 is 0 Å². The van der Waals surface area contributed by atoms with Crippen molar-refractivity contribution in [1.29, 1.82) is 0 Å². The maximum Gasteiger partial charge on any atom is -0.0209 e. The van der Waals surface area contributed by atoms with Gasteiger partial charge in [-0.1, -0.05) is 98.3 Å². The highest BCUT2D eigenvalue weighted by atomic mass is 14.2. The molecule has 0 nitrogen and oxygen atoms in total. The van der Waals surface area contributed by atoms with Gasteiger partial charge in [-0.25, -0.2) is 0 Å². The van der Waals surface area contributed by atoms with Gasteiger partial charge in [0.15, 0.2) is 0 Å². The topological polar surface area (TPSA) is 0 Å². The largest absolute Gasteiger partial charge is 0.103 e. The van der Waals surface area contributed by atoms with Gasteiger partial charge in [-0.2, -0.15) is 0 Å². The summed E-state index contributed by atoms with van der Waals surface area (Å²) in [6, 6.07) is 0. The van der Waals surface area contributed by atoms with Crippen molar-refractivity contribution in [3.8, 4) is 0 Å². The van der Waals surface area contributed by atoms with Crippen LogP contribution in [0.5, 0.6) is 0 Å². The Balaban J connectivity index is 0. The van der Waals surface area contributed by atoms with Gasteiger partial charge in [0.25, 0.3) is 0 Å². The van der Waals surface area contributed by atoms with E-state index < -0.39 is 0 Å². The average molecular weight is 351 g/mol. The van der Waals surface area contributed by atoms with Crippen LogP contribution in [0.25, 0.3) is 0 Å². The van der Waals surface area contributed by atoms with Crippen molar-refractivity contribution in [3.05, 3.63) is 24.8 Å². The summed E-state index contributed by atoms with van der Waals surface area (Å²) >= 11 is 0. The van der Waals surface area contributed by atoms with Crippen molar-refractivity contribution < 1.29 is 0 Å². The molecule has 0 aromatic carbocycles.